The molecule has 0 aromatic heterocycles. The predicted molar refractivity (Wildman–Crippen MR) is 175 cm³/mol. The Morgan fingerprint density at radius 3 is 1.50 bits per heavy atom. The molecule has 0 radical (unpaired) electrons. The van der Waals surface area contributed by atoms with Crippen LogP contribution in [0.4, 0.5) is 0 Å². The molecule has 4 rings (SSSR count). The Morgan fingerprint density at radius 1 is 0.725 bits per heavy atom. The topological polar surface area (TPSA) is 84.9 Å². The van der Waals surface area contributed by atoms with Crippen molar-refractivity contribution in [3.8, 4) is 11.5 Å². The summed E-state index contributed by atoms with van der Waals surface area (Å²) < 4.78 is 122. The molecule has 40 heavy (non-hydrogen) atoms. The summed E-state index contributed by atoms with van der Waals surface area (Å²) in [7, 11) is -5.14. The van der Waals surface area contributed by atoms with Gasteiger partial charge in [0.25, 0.3) is 0 Å². The maximum atomic E-state index is 11.5. The van der Waals surface area contributed by atoms with Crippen molar-refractivity contribution in [3.63, 3.8) is 0 Å². The number of nitrogens with two attached hydrogens (primary N) is 1. The zero-order chi connectivity index (χ0) is 41.0. The molecule has 0 spiro atoms. The van der Waals surface area contributed by atoms with Crippen LogP contribution in [0, 0.1) is 0 Å². The van der Waals surface area contributed by atoms with E-state index in [2.05, 4.69) is 0 Å². The molecule has 4 N–H and O–H groups in total. The number of aliphatic hydroxyl groups is 2. The van der Waals surface area contributed by atoms with Crippen LogP contribution in [0.25, 0.3) is 0 Å². The summed E-state index contributed by atoms with van der Waals surface area (Å²) in [6.07, 6.45) is 7.28. The number of benzene rings is 2. The van der Waals surface area contributed by atoms with E-state index in [0.717, 1.165) is 44.1 Å². The lowest BCUT2D eigenvalue weighted by Crippen LogP contribution is -2.48. The first-order valence-corrected chi connectivity index (χ1v) is 13.7. The molecule has 7 heteroatoms. The van der Waals surface area contributed by atoms with Crippen LogP contribution in [0.1, 0.15) is 108 Å². The SMILES string of the molecule is I.[2H]C([2H])([2H])Oc1ccc(C(CN)C2(O)CCCCC2)cc1.[2H]C([2H])([2H])Oc1ccc(C(C[N+](C([2H])([2H])[2H])(C([2H])([2H])[2H])C([2H])([2H])[2H])C2(O)CCCCC2)cc1. The summed E-state index contributed by atoms with van der Waals surface area (Å²) in [5, 5.41) is 22.4. The molecule has 2 aliphatic carbocycles. The van der Waals surface area contributed by atoms with Crippen molar-refractivity contribution in [3.05, 3.63) is 59.7 Å². The third-order valence-electron chi connectivity index (χ3n) is 8.23. The summed E-state index contributed by atoms with van der Waals surface area (Å²) in [5.41, 5.74) is 4.83. The highest BCUT2D eigenvalue weighted by Crippen LogP contribution is 2.41. The van der Waals surface area contributed by atoms with Gasteiger partial charge in [0.2, 0.25) is 0 Å². The van der Waals surface area contributed by atoms with Crippen LogP contribution in [0.15, 0.2) is 48.5 Å². The number of likely N-dealkylation sites (N-methyl/N-ethyl adjacent to an activating group) is 1. The number of halogens is 1. The van der Waals surface area contributed by atoms with E-state index >= 15 is 0 Å². The van der Waals surface area contributed by atoms with Gasteiger partial charge >= 0.3 is 0 Å². The largest absolute Gasteiger partial charge is 0.497 e. The van der Waals surface area contributed by atoms with E-state index in [1.807, 2.05) is 0 Å². The minimum atomic E-state index is -3.44. The Bertz CT molecular complexity index is 1430. The van der Waals surface area contributed by atoms with Gasteiger partial charge in [0.15, 0.2) is 0 Å². The highest BCUT2D eigenvalue weighted by atomic mass is 127. The second-order valence-electron chi connectivity index (χ2n) is 11.0. The van der Waals surface area contributed by atoms with E-state index in [1.54, 1.807) is 24.3 Å². The molecule has 2 fully saturated rings. The van der Waals surface area contributed by atoms with Crippen LogP contribution in [0.2, 0.25) is 0 Å². The summed E-state index contributed by atoms with van der Waals surface area (Å²) in [4.78, 5) is 0. The Morgan fingerprint density at radius 2 is 1.12 bits per heavy atom. The average Bonchev–Trinajstić information content (AvgIpc) is 3.01. The van der Waals surface area contributed by atoms with Crippen molar-refractivity contribution in [2.75, 3.05) is 48.1 Å². The molecule has 2 saturated carbocycles. The maximum absolute atomic E-state index is 11.5. The first-order valence-electron chi connectivity index (χ1n) is 21.2. The van der Waals surface area contributed by atoms with Gasteiger partial charge in [-0.15, -0.1) is 24.0 Å². The lowest BCUT2D eigenvalue weighted by molar-refractivity contribution is -0.872. The number of quaternary nitrogens is 1. The fourth-order valence-corrected chi connectivity index (χ4v) is 6.09. The Balaban J connectivity index is 0.000000409. The number of hydrogen-bond donors (Lipinski definition) is 3. The van der Waals surface area contributed by atoms with Gasteiger partial charge in [-0.1, -0.05) is 62.8 Å². The van der Waals surface area contributed by atoms with Crippen LogP contribution < -0.4 is 15.2 Å². The van der Waals surface area contributed by atoms with Gasteiger partial charge in [-0.25, -0.2) is 0 Å². The summed E-state index contributed by atoms with van der Waals surface area (Å²) in [6.45, 7) is -10.8. The van der Waals surface area contributed by atoms with Crippen molar-refractivity contribution in [1.29, 1.82) is 0 Å². The molecule has 2 aromatic rings. The van der Waals surface area contributed by atoms with Crippen molar-refractivity contribution in [2.24, 2.45) is 5.73 Å². The maximum Gasteiger partial charge on any atom is 0.118 e. The zero-order valence-electron chi connectivity index (χ0n) is 37.9. The molecular weight excluding hydrogens is 615 g/mol. The Hall–Kier alpha value is -1.39. The number of nitrogens with zero attached hydrogens (tertiary/aromatic N) is 1. The van der Waals surface area contributed by atoms with Gasteiger partial charge in [-0.05, 0) is 61.1 Å². The number of methoxy groups -OCH3 is 2. The molecule has 0 aliphatic heterocycles. The third-order valence-corrected chi connectivity index (χ3v) is 8.23. The van der Waals surface area contributed by atoms with Gasteiger partial charge in [0.1, 0.15) is 11.5 Å². The van der Waals surface area contributed by atoms with Crippen LogP contribution in [-0.4, -0.2) is 74.0 Å². The predicted octanol–water partition coefficient (Wildman–Crippen LogP) is 6.23. The van der Waals surface area contributed by atoms with E-state index in [-0.39, 0.29) is 48.5 Å². The van der Waals surface area contributed by atoms with Crippen molar-refractivity contribution in [2.45, 2.75) is 87.2 Å². The first kappa shape index (κ1) is 18.3. The van der Waals surface area contributed by atoms with Gasteiger partial charge in [-0.2, -0.15) is 0 Å². The fraction of sp³-hybridized carbons (Fsp3) is 0.636. The molecule has 6 nitrogen and oxygen atoms in total. The number of hydrogen-bond acceptors (Lipinski definition) is 5. The Labute approximate surface area is 280 Å². The molecule has 0 amide bonds. The van der Waals surface area contributed by atoms with Crippen LogP contribution >= 0.6 is 24.0 Å². The van der Waals surface area contributed by atoms with Crippen molar-refractivity contribution < 1.29 is 44.7 Å². The standard InChI is InChI=1S/C18H30NO2.C15H23NO2.HI/c1-19(2,3)14-17(18(20)12-6-5-7-13-18)15-8-10-16(21-4)11-9-15;1-18-13-7-5-12(6-8-13)14(11-16)15(17)9-3-2-4-10-15;/h8-11,17,20H,5-7,12-14H2,1-4H3;5-8,14,17H,2-4,9-11,16H2,1H3;1H/q+1;;/i1D3,2D3,3D3,4D3;1D3;. The van der Waals surface area contributed by atoms with Crippen LogP contribution in [-0.2, 0) is 0 Å². The first-order chi connectivity index (χ1) is 24.6. The molecule has 2 atom stereocenters. The van der Waals surface area contributed by atoms with Crippen LogP contribution in [0.3, 0.4) is 0 Å². The minimum Gasteiger partial charge on any atom is -0.497 e. The van der Waals surface area contributed by atoms with Gasteiger partial charge < -0.3 is 29.9 Å². The van der Waals surface area contributed by atoms with E-state index in [4.69, 9.17) is 35.8 Å². The molecule has 2 aromatic carbocycles. The molecule has 2 unspecified atom stereocenters. The van der Waals surface area contributed by atoms with E-state index < -0.39 is 63.2 Å². The normalized spacial score (nSPS) is 26.8. The van der Waals surface area contributed by atoms with Gasteiger partial charge in [0.05, 0.1) is 79.2 Å². The second-order valence-corrected chi connectivity index (χ2v) is 11.0. The lowest BCUT2D eigenvalue weighted by Gasteiger charge is -2.42. The van der Waals surface area contributed by atoms with Gasteiger partial charge in [0, 0.05) is 12.5 Å². The zero-order valence-corrected chi connectivity index (χ0v) is 25.2. The highest BCUT2D eigenvalue weighted by molar-refractivity contribution is 14.0. The molecule has 226 valence electrons. The third kappa shape index (κ3) is 9.58. The molecule has 0 bridgehead atoms. The molecule has 0 heterocycles. The molecular formula is C33H54IN2O4+. The molecule has 2 aliphatic rings. The number of rotatable bonds is 9. The van der Waals surface area contributed by atoms with Crippen molar-refractivity contribution >= 4 is 24.0 Å². The van der Waals surface area contributed by atoms with Crippen LogP contribution in [0.5, 0.6) is 11.5 Å². The van der Waals surface area contributed by atoms with E-state index in [9.17, 15) is 10.2 Å². The van der Waals surface area contributed by atoms with E-state index in [0.29, 0.717) is 30.7 Å². The van der Waals surface area contributed by atoms with E-state index in [1.165, 1.54) is 24.3 Å². The highest BCUT2D eigenvalue weighted by Gasteiger charge is 2.41. The summed E-state index contributed by atoms with van der Waals surface area (Å²) in [6, 6.07) is 12.3. The summed E-state index contributed by atoms with van der Waals surface area (Å²) >= 11 is 0. The van der Waals surface area contributed by atoms with Gasteiger partial charge in [-0.3, -0.25) is 0 Å². The van der Waals surface area contributed by atoms with Crippen molar-refractivity contribution in [1.82, 2.24) is 0 Å². The quantitative estimate of drug-likeness (QED) is 0.216. The lowest BCUT2D eigenvalue weighted by atomic mass is 9.72. The Kier molecular flexibility index (Phi) is 7.20. The molecule has 0 saturated heterocycles. The minimum absolute atomic E-state index is 0. The smallest absolute Gasteiger partial charge is 0.118 e. The summed E-state index contributed by atoms with van der Waals surface area (Å²) in [5.74, 6) is -0.984. The second kappa shape index (κ2) is 15.7. The number of ether oxygens (including phenoxy) is 2. The average molecular weight is 685 g/mol. The monoisotopic (exact) mass is 684 g/mol. The fourth-order valence-electron chi connectivity index (χ4n) is 6.09.